The first-order valence-electron chi connectivity index (χ1n) is 6.84. The lowest BCUT2D eigenvalue weighted by Crippen LogP contribution is -2.07. The van der Waals surface area contributed by atoms with Crippen molar-refractivity contribution in [2.45, 2.75) is 46.5 Å². The molecule has 0 aliphatic rings. The Labute approximate surface area is 111 Å². The number of aliphatic hydroxyl groups excluding tert-OH is 1. The molecule has 0 aliphatic carbocycles. The summed E-state index contributed by atoms with van der Waals surface area (Å²) in [6.45, 7) is 7.72. The molecule has 1 rings (SSSR count). The highest BCUT2D eigenvalue weighted by atomic mass is 16.5. The van der Waals surface area contributed by atoms with E-state index in [4.69, 9.17) is 9.84 Å². The Balaban J connectivity index is 2.51. The maximum atomic E-state index is 8.74. The second-order valence-corrected chi connectivity index (χ2v) is 5.95. The van der Waals surface area contributed by atoms with Gasteiger partial charge in [-0.25, -0.2) is 0 Å². The summed E-state index contributed by atoms with van der Waals surface area (Å²) < 4.78 is 5.79. The number of ether oxygens (including phenoxy) is 1. The van der Waals surface area contributed by atoms with Crippen molar-refractivity contribution in [3.63, 3.8) is 0 Å². The average molecular weight is 250 g/mol. The number of aliphatic hydroxyl groups is 1. The van der Waals surface area contributed by atoms with Crippen LogP contribution in [0.2, 0.25) is 0 Å². The van der Waals surface area contributed by atoms with E-state index in [-0.39, 0.29) is 6.61 Å². The molecule has 0 radical (unpaired) electrons. The van der Waals surface area contributed by atoms with Crippen LogP contribution < -0.4 is 4.74 Å². The molecule has 0 spiro atoms. The molecule has 18 heavy (non-hydrogen) atoms. The van der Waals surface area contributed by atoms with E-state index in [1.165, 1.54) is 5.56 Å². The summed E-state index contributed by atoms with van der Waals surface area (Å²) in [7, 11) is 0. The molecule has 0 amide bonds. The molecule has 0 fully saturated rings. The SMILES string of the molecule is CC(C)(C)CCc1ccccc1OCCCCO. The van der Waals surface area contributed by atoms with Crippen LogP contribution in [0.4, 0.5) is 0 Å². The van der Waals surface area contributed by atoms with Crippen LogP contribution in [-0.2, 0) is 6.42 Å². The molecule has 0 atom stereocenters. The molecule has 2 nitrogen and oxygen atoms in total. The van der Waals surface area contributed by atoms with Crippen LogP contribution in [0.25, 0.3) is 0 Å². The van der Waals surface area contributed by atoms with E-state index < -0.39 is 0 Å². The highest BCUT2D eigenvalue weighted by molar-refractivity contribution is 5.33. The van der Waals surface area contributed by atoms with Gasteiger partial charge >= 0.3 is 0 Å². The lowest BCUT2D eigenvalue weighted by Gasteiger charge is -2.19. The third kappa shape index (κ3) is 6.06. The number of para-hydroxylation sites is 1. The summed E-state index contributed by atoms with van der Waals surface area (Å²) in [4.78, 5) is 0. The molecule has 1 aromatic rings. The minimum atomic E-state index is 0.245. The highest BCUT2D eigenvalue weighted by Gasteiger charge is 2.12. The predicted molar refractivity (Wildman–Crippen MR) is 76.0 cm³/mol. The van der Waals surface area contributed by atoms with Crippen LogP contribution in [0.1, 0.15) is 45.6 Å². The Kier molecular flexibility index (Phi) is 6.20. The summed E-state index contributed by atoms with van der Waals surface area (Å²) in [5.41, 5.74) is 1.64. The number of aryl methyl sites for hydroxylation is 1. The van der Waals surface area contributed by atoms with Gasteiger partial charge in [-0.3, -0.25) is 0 Å². The van der Waals surface area contributed by atoms with Gasteiger partial charge in [0.1, 0.15) is 5.75 Å². The van der Waals surface area contributed by atoms with E-state index >= 15 is 0 Å². The fourth-order valence-electron chi connectivity index (χ4n) is 1.76. The van der Waals surface area contributed by atoms with E-state index in [0.717, 1.165) is 31.4 Å². The van der Waals surface area contributed by atoms with Gasteiger partial charge in [0, 0.05) is 6.61 Å². The first-order chi connectivity index (χ1) is 8.53. The molecular weight excluding hydrogens is 224 g/mol. The summed E-state index contributed by atoms with van der Waals surface area (Å²) >= 11 is 0. The lowest BCUT2D eigenvalue weighted by molar-refractivity contribution is 0.251. The van der Waals surface area contributed by atoms with Crippen LogP contribution >= 0.6 is 0 Å². The molecule has 0 unspecified atom stereocenters. The zero-order valence-electron chi connectivity index (χ0n) is 11.9. The number of benzene rings is 1. The van der Waals surface area contributed by atoms with E-state index in [9.17, 15) is 0 Å². The summed E-state index contributed by atoms with van der Waals surface area (Å²) in [6, 6.07) is 8.27. The number of hydrogen-bond donors (Lipinski definition) is 1. The number of hydrogen-bond acceptors (Lipinski definition) is 2. The Morgan fingerprint density at radius 3 is 2.50 bits per heavy atom. The minimum absolute atomic E-state index is 0.245. The Hall–Kier alpha value is -1.02. The molecule has 0 saturated carbocycles. The average Bonchev–Trinajstić information content (AvgIpc) is 2.32. The van der Waals surface area contributed by atoms with Crippen molar-refractivity contribution >= 4 is 0 Å². The maximum Gasteiger partial charge on any atom is 0.122 e. The fraction of sp³-hybridized carbons (Fsp3) is 0.625. The molecule has 1 N–H and O–H groups in total. The van der Waals surface area contributed by atoms with Crippen molar-refractivity contribution in [2.75, 3.05) is 13.2 Å². The van der Waals surface area contributed by atoms with Crippen LogP contribution in [0, 0.1) is 5.41 Å². The van der Waals surface area contributed by atoms with E-state index in [0.29, 0.717) is 12.0 Å². The van der Waals surface area contributed by atoms with Crippen molar-refractivity contribution < 1.29 is 9.84 Å². The fourth-order valence-corrected chi connectivity index (χ4v) is 1.76. The Morgan fingerprint density at radius 2 is 1.83 bits per heavy atom. The van der Waals surface area contributed by atoms with Crippen LogP contribution in [-0.4, -0.2) is 18.3 Å². The van der Waals surface area contributed by atoms with Gasteiger partial charge in [0.15, 0.2) is 0 Å². The number of unbranched alkanes of at least 4 members (excludes halogenated alkanes) is 1. The van der Waals surface area contributed by atoms with Gasteiger partial charge in [0.2, 0.25) is 0 Å². The first-order valence-corrected chi connectivity index (χ1v) is 6.84. The zero-order chi connectivity index (χ0) is 13.4. The van der Waals surface area contributed by atoms with Crippen LogP contribution in [0.5, 0.6) is 5.75 Å². The van der Waals surface area contributed by atoms with Crippen LogP contribution in [0.15, 0.2) is 24.3 Å². The van der Waals surface area contributed by atoms with Crippen molar-refractivity contribution in [2.24, 2.45) is 5.41 Å². The molecule has 0 bridgehead atoms. The molecule has 0 aliphatic heterocycles. The van der Waals surface area contributed by atoms with Crippen molar-refractivity contribution in [3.8, 4) is 5.75 Å². The predicted octanol–water partition coefficient (Wildman–Crippen LogP) is 3.82. The lowest BCUT2D eigenvalue weighted by atomic mass is 9.88. The molecule has 1 aromatic carbocycles. The molecule has 0 aromatic heterocycles. The van der Waals surface area contributed by atoms with Crippen LogP contribution in [0.3, 0.4) is 0 Å². The normalized spacial score (nSPS) is 11.6. The van der Waals surface area contributed by atoms with Gasteiger partial charge < -0.3 is 9.84 Å². The van der Waals surface area contributed by atoms with Gasteiger partial charge in [-0.05, 0) is 42.7 Å². The summed E-state index contributed by atoms with van der Waals surface area (Å²) in [5.74, 6) is 1.000. The van der Waals surface area contributed by atoms with E-state index in [1.54, 1.807) is 0 Å². The molecule has 0 saturated heterocycles. The van der Waals surface area contributed by atoms with Gasteiger partial charge in [-0.15, -0.1) is 0 Å². The smallest absolute Gasteiger partial charge is 0.122 e. The van der Waals surface area contributed by atoms with Crippen molar-refractivity contribution in [1.29, 1.82) is 0 Å². The van der Waals surface area contributed by atoms with Crippen molar-refractivity contribution in [1.82, 2.24) is 0 Å². The maximum absolute atomic E-state index is 8.74. The largest absolute Gasteiger partial charge is 0.493 e. The first kappa shape index (κ1) is 15.0. The highest BCUT2D eigenvalue weighted by Crippen LogP contribution is 2.26. The quantitative estimate of drug-likeness (QED) is 0.745. The Bertz CT molecular complexity index is 339. The second-order valence-electron chi connectivity index (χ2n) is 5.95. The third-order valence-corrected chi connectivity index (χ3v) is 2.93. The monoisotopic (exact) mass is 250 g/mol. The molecular formula is C16H26O2. The topological polar surface area (TPSA) is 29.5 Å². The third-order valence-electron chi connectivity index (χ3n) is 2.93. The second kappa shape index (κ2) is 7.42. The molecule has 2 heteroatoms. The van der Waals surface area contributed by atoms with Gasteiger partial charge in [0.05, 0.1) is 6.61 Å². The van der Waals surface area contributed by atoms with Gasteiger partial charge in [-0.2, -0.15) is 0 Å². The van der Waals surface area contributed by atoms with Gasteiger partial charge in [0.25, 0.3) is 0 Å². The van der Waals surface area contributed by atoms with E-state index in [2.05, 4.69) is 32.9 Å². The van der Waals surface area contributed by atoms with Gasteiger partial charge in [-0.1, -0.05) is 39.0 Å². The van der Waals surface area contributed by atoms with Crippen molar-refractivity contribution in [3.05, 3.63) is 29.8 Å². The summed E-state index contributed by atoms with van der Waals surface area (Å²) in [5, 5.41) is 8.74. The minimum Gasteiger partial charge on any atom is -0.493 e. The molecule has 0 heterocycles. The van der Waals surface area contributed by atoms with E-state index in [1.807, 2.05) is 12.1 Å². The zero-order valence-corrected chi connectivity index (χ0v) is 11.9. The molecule has 102 valence electrons. The standard InChI is InChI=1S/C16H26O2/c1-16(2,3)11-10-14-8-4-5-9-15(14)18-13-7-6-12-17/h4-5,8-9,17H,6-7,10-13H2,1-3H3. The summed E-state index contributed by atoms with van der Waals surface area (Å²) in [6.07, 6.45) is 3.93. The Morgan fingerprint density at radius 1 is 1.11 bits per heavy atom. The number of rotatable bonds is 7.